The van der Waals surface area contributed by atoms with E-state index in [1.54, 1.807) is 13.2 Å². The molecule has 2 heterocycles. The van der Waals surface area contributed by atoms with Gasteiger partial charge in [0.05, 0.1) is 34.8 Å². The van der Waals surface area contributed by atoms with Crippen molar-refractivity contribution < 1.29 is 9.53 Å². The lowest BCUT2D eigenvalue weighted by atomic mass is 10.2. The third-order valence-corrected chi connectivity index (χ3v) is 3.85. The van der Waals surface area contributed by atoms with E-state index in [9.17, 15) is 4.79 Å². The normalized spacial score (nSPS) is 10.5. The van der Waals surface area contributed by atoms with Gasteiger partial charge < -0.3 is 10.5 Å². The first-order chi connectivity index (χ1) is 10.2. The Balaban J connectivity index is 1.88. The molecular formula is C14H12N4O2S. The smallest absolute Gasteiger partial charge is 0.259 e. The van der Waals surface area contributed by atoms with E-state index in [4.69, 9.17) is 10.5 Å². The summed E-state index contributed by atoms with van der Waals surface area (Å²) in [6, 6.07) is 7.13. The number of benzene rings is 1. The van der Waals surface area contributed by atoms with Crippen LogP contribution in [-0.2, 0) is 0 Å². The average molecular weight is 300 g/mol. The lowest BCUT2D eigenvalue weighted by Crippen LogP contribution is -2.13. The van der Waals surface area contributed by atoms with Crippen LogP contribution in [0.5, 0.6) is 5.75 Å². The highest BCUT2D eigenvalue weighted by Crippen LogP contribution is 2.29. The van der Waals surface area contributed by atoms with Gasteiger partial charge in [0.15, 0.2) is 5.13 Å². The standard InChI is InChI=1S/C14H12N4O2S/c1-20-8-2-3-11-12(6-8)21-14(17-11)18-13(19)9-4-5-16-7-10(9)15/h2-7H,15H2,1H3,(H,17,18,19). The number of hydrogen-bond acceptors (Lipinski definition) is 6. The number of anilines is 2. The Bertz CT molecular complexity index is 816. The number of pyridine rings is 1. The maximum Gasteiger partial charge on any atom is 0.259 e. The Labute approximate surface area is 124 Å². The number of ether oxygens (including phenoxy) is 1. The summed E-state index contributed by atoms with van der Waals surface area (Å²) in [5.74, 6) is 0.448. The average Bonchev–Trinajstić information content (AvgIpc) is 2.88. The first-order valence-corrected chi connectivity index (χ1v) is 6.94. The number of nitrogens with one attached hydrogen (secondary N) is 1. The SMILES string of the molecule is COc1ccc2nc(NC(=O)c3ccncc3N)sc2c1. The van der Waals surface area contributed by atoms with Crippen molar-refractivity contribution in [3.05, 3.63) is 42.2 Å². The molecule has 0 radical (unpaired) electrons. The van der Waals surface area contributed by atoms with Gasteiger partial charge in [-0.05, 0) is 24.3 Å². The molecule has 0 aliphatic heterocycles. The van der Waals surface area contributed by atoms with Gasteiger partial charge in [-0.3, -0.25) is 15.1 Å². The second-order valence-corrected chi connectivity index (χ2v) is 5.30. The van der Waals surface area contributed by atoms with Gasteiger partial charge in [-0.15, -0.1) is 0 Å². The number of thiazole rings is 1. The molecule has 1 aromatic carbocycles. The summed E-state index contributed by atoms with van der Waals surface area (Å²) in [5, 5.41) is 3.26. The number of nitrogen functional groups attached to an aromatic ring is 1. The molecular weight excluding hydrogens is 288 g/mol. The molecule has 6 nitrogen and oxygen atoms in total. The fraction of sp³-hybridized carbons (Fsp3) is 0.0714. The monoisotopic (exact) mass is 300 g/mol. The van der Waals surface area contributed by atoms with Crippen LogP contribution in [-0.4, -0.2) is 23.0 Å². The zero-order valence-corrected chi connectivity index (χ0v) is 12.0. The number of carbonyl (C=O) groups excluding carboxylic acids is 1. The minimum atomic E-state index is -0.305. The van der Waals surface area contributed by atoms with Crippen LogP contribution in [0.15, 0.2) is 36.7 Å². The van der Waals surface area contributed by atoms with Crippen molar-refractivity contribution >= 4 is 38.3 Å². The largest absolute Gasteiger partial charge is 0.497 e. The molecule has 0 saturated carbocycles. The predicted molar refractivity (Wildman–Crippen MR) is 82.8 cm³/mol. The number of fused-ring (bicyclic) bond motifs is 1. The Kier molecular flexibility index (Phi) is 3.41. The van der Waals surface area contributed by atoms with Gasteiger partial charge in [0.25, 0.3) is 5.91 Å². The maximum absolute atomic E-state index is 12.2. The van der Waals surface area contributed by atoms with Crippen molar-refractivity contribution in [3.8, 4) is 5.75 Å². The molecule has 106 valence electrons. The fourth-order valence-corrected chi connectivity index (χ4v) is 2.75. The number of nitrogens with zero attached hydrogens (tertiary/aromatic N) is 2. The molecule has 3 rings (SSSR count). The minimum Gasteiger partial charge on any atom is -0.497 e. The first-order valence-electron chi connectivity index (χ1n) is 6.13. The Hall–Kier alpha value is -2.67. The highest BCUT2D eigenvalue weighted by molar-refractivity contribution is 7.22. The van der Waals surface area contributed by atoms with Crippen molar-refractivity contribution in [1.29, 1.82) is 0 Å². The molecule has 2 aromatic heterocycles. The molecule has 21 heavy (non-hydrogen) atoms. The molecule has 0 aliphatic rings. The highest BCUT2D eigenvalue weighted by Gasteiger charge is 2.12. The molecule has 1 amide bonds. The minimum absolute atomic E-state index is 0.305. The molecule has 3 aromatic rings. The first kappa shape index (κ1) is 13.3. The van der Waals surface area contributed by atoms with Gasteiger partial charge in [0.2, 0.25) is 0 Å². The van der Waals surface area contributed by atoms with Gasteiger partial charge >= 0.3 is 0 Å². The van der Waals surface area contributed by atoms with Crippen molar-refractivity contribution in [2.75, 3.05) is 18.2 Å². The highest BCUT2D eigenvalue weighted by atomic mass is 32.1. The summed E-state index contributed by atoms with van der Waals surface area (Å²) in [6.45, 7) is 0. The van der Waals surface area contributed by atoms with E-state index >= 15 is 0 Å². The van der Waals surface area contributed by atoms with Crippen LogP contribution in [0.2, 0.25) is 0 Å². The zero-order valence-electron chi connectivity index (χ0n) is 11.2. The maximum atomic E-state index is 12.2. The van der Waals surface area contributed by atoms with Crippen LogP contribution in [0.3, 0.4) is 0 Å². The number of amides is 1. The Morgan fingerprint density at radius 3 is 3.00 bits per heavy atom. The van der Waals surface area contributed by atoms with Crippen molar-refractivity contribution in [1.82, 2.24) is 9.97 Å². The van der Waals surface area contributed by atoms with Crippen molar-refractivity contribution in [2.24, 2.45) is 0 Å². The predicted octanol–water partition coefficient (Wildman–Crippen LogP) is 2.53. The third-order valence-electron chi connectivity index (χ3n) is 2.91. The number of methoxy groups -OCH3 is 1. The molecule has 0 fully saturated rings. The zero-order chi connectivity index (χ0) is 14.8. The number of hydrogen-bond donors (Lipinski definition) is 2. The quantitative estimate of drug-likeness (QED) is 0.775. The third kappa shape index (κ3) is 2.63. The van der Waals surface area contributed by atoms with Gasteiger partial charge in [-0.2, -0.15) is 0 Å². The van der Waals surface area contributed by atoms with E-state index in [1.807, 2.05) is 18.2 Å². The van der Waals surface area contributed by atoms with E-state index in [2.05, 4.69) is 15.3 Å². The summed E-state index contributed by atoms with van der Waals surface area (Å²) in [5.41, 5.74) is 7.24. The molecule has 7 heteroatoms. The topological polar surface area (TPSA) is 90.1 Å². The van der Waals surface area contributed by atoms with Crippen LogP contribution in [0.25, 0.3) is 10.2 Å². The number of rotatable bonds is 3. The molecule has 0 atom stereocenters. The number of carbonyl (C=O) groups is 1. The molecule has 0 bridgehead atoms. The van der Waals surface area contributed by atoms with E-state index < -0.39 is 0 Å². The van der Waals surface area contributed by atoms with Gasteiger partial charge in [-0.25, -0.2) is 4.98 Å². The van der Waals surface area contributed by atoms with E-state index in [0.717, 1.165) is 16.0 Å². The summed E-state index contributed by atoms with van der Waals surface area (Å²) < 4.78 is 6.10. The summed E-state index contributed by atoms with van der Waals surface area (Å²) in [7, 11) is 1.61. The lowest BCUT2D eigenvalue weighted by Gasteiger charge is -2.03. The van der Waals surface area contributed by atoms with Gasteiger partial charge in [0.1, 0.15) is 5.75 Å². The Morgan fingerprint density at radius 2 is 2.24 bits per heavy atom. The molecule has 0 saturated heterocycles. The van der Waals surface area contributed by atoms with Gasteiger partial charge in [0, 0.05) is 6.20 Å². The van der Waals surface area contributed by atoms with Crippen LogP contribution in [0.4, 0.5) is 10.8 Å². The Morgan fingerprint density at radius 1 is 1.38 bits per heavy atom. The van der Waals surface area contributed by atoms with Crippen molar-refractivity contribution in [3.63, 3.8) is 0 Å². The van der Waals surface area contributed by atoms with E-state index in [1.165, 1.54) is 23.7 Å². The second-order valence-electron chi connectivity index (χ2n) is 4.27. The molecule has 0 aliphatic carbocycles. The molecule has 0 unspecified atom stereocenters. The summed E-state index contributed by atoms with van der Waals surface area (Å²) in [6.07, 6.45) is 2.96. The number of nitrogens with two attached hydrogens (primary N) is 1. The molecule has 3 N–H and O–H groups in total. The lowest BCUT2D eigenvalue weighted by molar-refractivity contribution is 0.102. The summed E-state index contributed by atoms with van der Waals surface area (Å²) in [4.78, 5) is 20.4. The van der Waals surface area contributed by atoms with Gasteiger partial charge in [-0.1, -0.05) is 11.3 Å². The van der Waals surface area contributed by atoms with Crippen molar-refractivity contribution in [2.45, 2.75) is 0 Å². The second kappa shape index (κ2) is 5.37. The fourth-order valence-electron chi connectivity index (χ4n) is 1.86. The van der Waals surface area contributed by atoms with Crippen LogP contribution in [0.1, 0.15) is 10.4 Å². The summed E-state index contributed by atoms with van der Waals surface area (Å²) >= 11 is 1.38. The van der Waals surface area contributed by atoms with Crippen LogP contribution >= 0.6 is 11.3 Å². The van der Waals surface area contributed by atoms with Crippen LogP contribution in [0, 0.1) is 0 Å². The van der Waals surface area contributed by atoms with E-state index in [-0.39, 0.29) is 5.91 Å². The van der Waals surface area contributed by atoms with Crippen LogP contribution < -0.4 is 15.8 Å². The number of aromatic nitrogens is 2. The van der Waals surface area contributed by atoms with E-state index in [0.29, 0.717) is 16.4 Å². The molecule has 0 spiro atoms.